The van der Waals surface area contributed by atoms with Gasteiger partial charge in [-0.15, -0.1) is 0 Å². The van der Waals surface area contributed by atoms with Crippen molar-refractivity contribution in [2.75, 3.05) is 20.2 Å². The summed E-state index contributed by atoms with van der Waals surface area (Å²) in [5, 5.41) is 0. The molecule has 0 bridgehead atoms. The van der Waals surface area contributed by atoms with Crippen molar-refractivity contribution in [3.05, 3.63) is 65.2 Å². The Morgan fingerprint density at radius 3 is 2.66 bits per heavy atom. The minimum atomic E-state index is -4.12. The van der Waals surface area contributed by atoms with Gasteiger partial charge in [0.25, 0.3) is 5.91 Å². The predicted molar refractivity (Wildman–Crippen MR) is 112 cm³/mol. The molecular formula is C22H24F2N2O5S. The van der Waals surface area contributed by atoms with Crippen LogP contribution in [0.25, 0.3) is 0 Å². The number of amides is 1. The van der Waals surface area contributed by atoms with E-state index in [-0.39, 0.29) is 24.9 Å². The summed E-state index contributed by atoms with van der Waals surface area (Å²) in [6.07, 6.45) is 2.41. The van der Waals surface area contributed by atoms with Crippen molar-refractivity contribution in [2.24, 2.45) is 0 Å². The van der Waals surface area contributed by atoms with E-state index in [1.54, 1.807) is 11.9 Å². The van der Waals surface area contributed by atoms with Crippen LogP contribution in [0, 0.1) is 11.6 Å². The lowest BCUT2D eigenvalue weighted by molar-refractivity contribution is -0.152. The fourth-order valence-electron chi connectivity index (χ4n) is 3.64. The zero-order chi connectivity index (χ0) is 23.3. The van der Waals surface area contributed by atoms with E-state index in [9.17, 15) is 26.8 Å². The third kappa shape index (κ3) is 5.68. The molecule has 0 aromatic heterocycles. The molecule has 1 aliphatic carbocycles. The van der Waals surface area contributed by atoms with Crippen LogP contribution in [0.3, 0.4) is 0 Å². The fraction of sp³-hybridized carbons (Fsp3) is 0.364. The van der Waals surface area contributed by atoms with Crippen molar-refractivity contribution < 1.29 is 31.5 Å². The number of aryl methyl sites for hydroxylation is 1. The number of sulfonamides is 1. The molecular weight excluding hydrogens is 442 g/mol. The van der Waals surface area contributed by atoms with Gasteiger partial charge in [-0.25, -0.2) is 21.9 Å². The van der Waals surface area contributed by atoms with Gasteiger partial charge >= 0.3 is 5.97 Å². The number of hydrogen-bond acceptors (Lipinski definition) is 5. The third-order valence-electron chi connectivity index (χ3n) is 5.38. The number of nitrogens with zero attached hydrogens (tertiary/aromatic N) is 1. The van der Waals surface area contributed by atoms with Crippen molar-refractivity contribution >= 4 is 21.9 Å². The summed E-state index contributed by atoms with van der Waals surface area (Å²) in [6, 6.07) is 10.0. The lowest BCUT2D eigenvalue weighted by Gasteiger charge is -2.33. The highest BCUT2D eigenvalue weighted by Gasteiger charge is 2.27. The highest BCUT2D eigenvalue weighted by molar-refractivity contribution is 7.89. The molecule has 0 spiro atoms. The SMILES string of the molecule is CN(C(=O)COC(=O)CCNS(=O)(=O)c1ccc(F)c(F)c1)C1CCCc2ccccc21. The first kappa shape index (κ1) is 23.8. The minimum Gasteiger partial charge on any atom is -0.456 e. The van der Waals surface area contributed by atoms with Gasteiger partial charge in [0.2, 0.25) is 10.0 Å². The molecule has 3 rings (SSSR count). The molecule has 1 unspecified atom stereocenters. The van der Waals surface area contributed by atoms with Crippen LogP contribution in [0.4, 0.5) is 8.78 Å². The molecule has 2 aromatic rings. The van der Waals surface area contributed by atoms with E-state index in [0.717, 1.165) is 30.9 Å². The molecule has 10 heteroatoms. The minimum absolute atomic E-state index is 0.0888. The standard InChI is InChI=1S/C22H24F2N2O5S/c1-26(20-8-4-6-15-5-2-3-7-17(15)20)21(27)14-31-22(28)11-12-25-32(29,30)16-9-10-18(23)19(24)13-16/h2-3,5,7,9-10,13,20,25H,4,6,8,11-12,14H2,1H3. The number of rotatable bonds is 8. The Balaban J connectivity index is 1.46. The zero-order valence-electron chi connectivity index (χ0n) is 17.5. The average Bonchev–Trinajstić information content (AvgIpc) is 2.78. The smallest absolute Gasteiger partial charge is 0.307 e. The molecule has 0 aliphatic heterocycles. The third-order valence-corrected chi connectivity index (χ3v) is 6.84. The molecule has 0 fully saturated rings. The Labute approximate surface area is 185 Å². The molecule has 7 nitrogen and oxygen atoms in total. The average molecular weight is 467 g/mol. The van der Waals surface area contributed by atoms with Gasteiger partial charge in [-0.05, 0) is 48.6 Å². The molecule has 2 aromatic carbocycles. The van der Waals surface area contributed by atoms with E-state index in [1.165, 1.54) is 5.56 Å². The second-order valence-electron chi connectivity index (χ2n) is 7.50. The molecule has 1 atom stereocenters. The Morgan fingerprint density at radius 1 is 1.16 bits per heavy atom. The number of esters is 1. The van der Waals surface area contributed by atoms with Crippen LogP contribution in [0.2, 0.25) is 0 Å². The Hall–Kier alpha value is -2.85. The fourth-order valence-corrected chi connectivity index (χ4v) is 4.68. The number of fused-ring (bicyclic) bond motifs is 1. The van der Waals surface area contributed by atoms with Gasteiger partial charge in [0.05, 0.1) is 17.4 Å². The van der Waals surface area contributed by atoms with Crippen LogP contribution >= 0.6 is 0 Å². The topological polar surface area (TPSA) is 92.8 Å². The van der Waals surface area contributed by atoms with E-state index in [4.69, 9.17) is 4.74 Å². The first-order valence-corrected chi connectivity index (χ1v) is 11.6. The second kappa shape index (κ2) is 10.2. The number of halogens is 2. The second-order valence-corrected chi connectivity index (χ2v) is 9.26. The number of likely N-dealkylation sites (N-methyl/N-ethyl adjacent to an activating group) is 1. The van der Waals surface area contributed by atoms with Crippen molar-refractivity contribution in [3.63, 3.8) is 0 Å². The molecule has 1 amide bonds. The van der Waals surface area contributed by atoms with Crippen LogP contribution in [-0.4, -0.2) is 45.4 Å². The van der Waals surface area contributed by atoms with Crippen molar-refractivity contribution in [1.29, 1.82) is 0 Å². The van der Waals surface area contributed by atoms with E-state index < -0.39 is 39.1 Å². The molecule has 172 valence electrons. The quantitative estimate of drug-likeness (QED) is 0.604. The van der Waals surface area contributed by atoms with Gasteiger partial charge in [0.15, 0.2) is 18.2 Å². The highest BCUT2D eigenvalue weighted by Crippen LogP contribution is 2.33. The number of ether oxygens (including phenoxy) is 1. The van der Waals surface area contributed by atoms with Gasteiger partial charge in [0.1, 0.15) is 0 Å². The van der Waals surface area contributed by atoms with Gasteiger partial charge in [-0.3, -0.25) is 9.59 Å². The monoisotopic (exact) mass is 466 g/mol. The molecule has 0 heterocycles. The van der Waals surface area contributed by atoms with Crippen molar-refractivity contribution in [1.82, 2.24) is 9.62 Å². The maximum atomic E-state index is 13.2. The lowest BCUT2D eigenvalue weighted by Crippen LogP contribution is -2.36. The summed E-state index contributed by atoms with van der Waals surface area (Å²) in [4.78, 5) is 25.5. The van der Waals surface area contributed by atoms with E-state index in [0.29, 0.717) is 12.1 Å². The van der Waals surface area contributed by atoms with Gasteiger partial charge < -0.3 is 9.64 Å². The Kier molecular flexibility index (Phi) is 7.57. The normalized spacial score (nSPS) is 15.7. The maximum absolute atomic E-state index is 13.2. The summed E-state index contributed by atoms with van der Waals surface area (Å²) < 4.78 is 57.5. The van der Waals surface area contributed by atoms with E-state index >= 15 is 0 Å². The van der Waals surface area contributed by atoms with Crippen molar-refractivity contribution in [3.8, 4) is 0 Å². The van der Waals surface area contributed by atoms with E-state index in [2.05, 4.69) is 4.72 Å². The van der Waals surface area contributed by atoms with Gasteiger partial charge in [-0.2, -0.15) is 0 Å². The number of carbonyl (C=O) groups is 2. The number of hydrogen-bond donors (Lipinski definition) is 1. The summed E-state index contributed by atoms with van der Waals surface area (Å²) in [6.45, 7) is -0.774. The summed E-state index contributed by atoms with van der Waals surface area (Å²) >= 11 is 0. The van der Waals surface area contributed by atoms with E-state index in [1.807, 2.05) is 24.3 Å². The molecule has 1 aliphatic rings. The molecule has 32 heavy (non-hydrogen) atoms. The van der Waals surface area contributed by atoms with Crippen LogP contribution in [0.15, 0.2) is 47.4 Å². The maximum Gasteiger partial charge on any atom is 0.307 e. The lowest BCUT2D eigenvalue weighted by atomic mass is 9.87. The van der Waals surface area contributed by atoms with Crippen LogP contribution in [-0.2, 0) is 30.8 Å². The summed E-state index contributed by atoms with van der Waals surface area (Å²) in [7, 11) is -2.46. The Morgan fingerprint density at radius 2 is 1.91 bits per heavy atom. The molecule has 1 N–H and O–H groups in total. The number of carbonyl (C=O) groups excluding carboxylic acids is 2. The van der Waals surface area contributed by atoms with Gasteiger partial charge in [-0.1, -0.05) is 24.3 Å². The Bertz CT molecular complexity index is 1110. The molecule has 0 saturated carbocycles. The van der Waals surface area contributed by atoms with Crippen LogP contribution in [0.5, 0.6) is 0 Å². The number of benzene rings is 2. The summed E-state index contributed by atoms with van der Waals surface area (Å²) in [5.41, 5.74) is 2.29. The van der Waals surface area contributed by atoms with Crippen molar-refractivity contribution in [2.45, 2.75) is 36.6 Å². The highest BCUT2D eigenvalue weighted by atomic mass is 32.2. The first-order valence-electron chi connectivity index (χ1n) is 10.1. The first-order chi connectivity index (χ1) is 15.2. The van der Waals surface area contributed by atoms with Gasteiger partial charge in [0, 0.05) is 13.6 Å². The van der Waals surface area contributed by atoms with Crippen LogP contribution in [0.1, 0.15) is 36.4 Å². The molecule has 0 saturated heterocycles. The largest absolute Gasteiger partial charge is 0.456 e. The number of nitrogens with one attached hydrogen (secondary N) is 1. The zero-order valence-corrected chi connectivity index (χ0v) is 18.3. The predicted octanol–water partition coefficient (Wildman–Crippen LogP) is 2.71. The van der Waals surface area contributed by atoms with Crippen LogP contribution < -0.4 is 4.72 Å². The summed E-state index contributed by atoms with van der Waals surface area (Å²) in [5.74, 6) is -3.58. The molecule has 0 radical (unpaired) electrons.